The molecule has 3 N–H and O–H groups in total. The first-order valence-corrected chi connectivity index (χ1v) is 17.7. The molecule has 0 saturated heterocycles. The summed E-state index contributed by atoms with van der Waals surface area (Å²) in [6.07, 6.45) is 22.7. The summed E-state index contributed by atoms with van der Waals surface area (Å²) in [7, 11) is -4.54. The van der Waals surface area contributed by atoms with Crippen LogP contribution in [0.1, 0.15) is 81.1 Å². The summed E-state index contributed by atoms with van der Waals surface area (Å²) in [6, 6.07) is 0. The van der Waals surface area contributed by atoms with Gasteiger partial charge < -0.3 is 10.2 Å². The van der Waals surface area contributed by atoms with Gasteiger partial charge in [-0.15, -0.1) is 0 Å². The molecule has 3 atom stereocenters. The minimum Gasteiger partial charge on any atom is -0.396 e. The molecule has 0 bridgehead atoms. The molecule has 0 aromatic carbocycles. The fourth-order valence-electron chi connectivity index (χ4n) is 6.11. The number of aliphatic hydroxyl groups excluding tert-OH is 2. The number of rotatable bonds is 13. The number of Topliss-reactive ketones (excluding diaryl/α,β-unsaturated/α-hetero) is 1. The Bertz CT molecular complexity index is 1710. The molecule has 3 unspecified atom stereocenters. The lowest BCUT2D eigenvalue weighted by molar-refractivity contribution is -0.130. The molecule has 0 radical (unpaired) electrons. The lowest BCUT2D eigenvalue weighted by Gasteiger charge is -2.36. The molecule has 49 heavy (non-hydrogen) atoms. The highest BCUT2D eigenvalue weighted by molar-refractivity contribution is 7.80. The Morgan fingerprint density at radius 3 is 1.96 bits per heavy atom. The van der Waals surface area contributed by atoms with Crippen LogP contribution in [-0.4, -0.2) is 54.1 Å². The van der Waals surface area contributed by atoms with E-state index in [9.17, 15) is 28.2 Å². The molecule has 0 aliphatic heterocycles. The lowest BCUT2D eigenvalue weighted by atomic mass is 9.66. The summed E-state index contributed by atoms with van der Waals surface area (Å²) < 4.78 is 36.2. The van der Waals surface area contributed by atoms with Crippen molar-refractivity contribution in [3.05, 3.63) is 106 Å². The Kier molecular flexibility index (Phi) is 15.1. The van der Waals surface area contributed by atoms with E-state index >= 15 is 0 Å². The van der Waals surface area contributed by atoms with Crippen LogP contribution in [0.3, 0.4) is 0 Å². The molecular weight excluding hydrogens is 640 g/mol. The van der Waals surface area contributed by atoms with E-state index in [1.54, 1.807) is 26.0 Å². The molecule has 2 aliphatic rings. The second kappa shape index (κ2) is 17.8. The summed E-state index contributed by atoms with van der Waals surface area (Å²) in [5.41, 5.74) is 3.06. The Hall–Kier alpha value is -3.65. The molecule has 0 heterocycles. The number of carbonyl (C=O) groups excluding carboxylic acids is 2. The van der Waals surface area contributed by atoms with Gasteiger partial charge in [0, 0.05) is 46.8 Å². The van der Waals surface area contributed by atoms with E-state index in [0.717, 1.165) is 27.9 Å². The SMILES string of the molecule is CC(C=CC=C(C)C=CC(=O)C1(C)CC(=O)CC1(C)CO)=CC=CC=C(C)C=CC=C(C#CC1=C(C)CC(OS(=O)(=O)O)CC1(C)C)CO. The third-order valence-corrected chi connectivity index (χ3v) is 9.73. The van der Waals surface area contributed by atoms with Crippen molar-refractivity contribution in [2.45, 2.75) is 87.2 Å². The maximum atomic E-state index is 13.0. The summed E-state index contributed by atoms with van der Waals surface area (Å²) in [6.45, 7) is 14.7. The zero-order chi connectivity index (χ0) is 37.0. The van der Waals surface area contributed by atoms with Crippen molar-refractivity contribution in [1.29, 1.82) is 0 Å². The van der Waals surface area contributed by atoms with Crippen LogP contribution in [0.5, 0.6) is 0 Å². The average molecular weight is 693 g/mol. The van der Waals surface area contributed by atoms with E-state index in [4.69, 9.17) is 8.74 Å². The molecule has 0 aromatic heterocycles. The van der Waals surface area contributed by atoms with Gasteiger partial charge in [0.15, 0.2) is 5.78 Å². The van der Waals surface area contributed by atoms with Crippen LogP contribution in [0.25, 0.3) is 0 Å². The average Bonchev–Trinajstić information content (AvgIpc) is 3.23. The number of ketones is 2. The number of hydrogen-bond acceptors (Lipinski definition) is 7. The van der Waals surface area contributed by atoms with Crippen molar-refractivity contribution in [2.75, 3.05) is 13.2 Å². The van der Waals surface area contributed by atoms with E-state index in [0.29, 0.717) is 18.4 Å². The standard InChI is InChI=1S/C40H52O8S/c1-29(15-11-16-31(3)19-22-37(44)40(8)25-34(43)24-39(40,7)28-42)13-9-10-14-30(2)17-12-18-33(27-41)20-21-36-32(4)23-35(26-38(36,5)6)48-49(45,46)47/h9-19,22,35,41-42H,23-28H2,1-8H3,(H,45,46,47). The number of carbonyl (C=O) groups is 2. The van der Waals surface area contributed by atoms with Crippen LogP contribution in [0.2, 0.25) is 0 Å². The monoisotopic (exact) mass is 692 g/mol. The Labute approximate surface area is 293 Å². The lowest BCUT2D eigenvalue weighted by Crippen LogP contribution is -2.41. The van der Waals surface area contributed by atoms with Gasteiger partial charge in [-0.2, -0.15) is 8.42 Å². The Balaban J connectivity index is 1.98. The fraction of sp³-hybridized carbons (Fsp3) is 0.450. The van der Waals surface area contributed by atoms with Crippen molar-refractivity contribution >= 4 is 22.0 Å². The topological polar surface area (TPSA) is 138 Å². The van der Waals surface area contributed by atoms with Crippen LogP contribution in [0.15, 0.2) is 106 Å². The molecule has 2 rings (SSSR count). The molecule has 266 valence electrons. The van der Waals surface area contributed by atoms with Gasteiger partial charge in [-0.1, -0.05) is 123 Å². The van der Waals surface area contributed by atoms with E-state index in [2.05, 4.69) is 11.8 Å². The van der Waals surface area contributed by atoms with Gasteiger partial charge in [0.25, 0.3) is 0 Å². The summed E-state index contributed by atoms with van der Waals surface area (Å²) in [4.78, 5) is 25.0. The molecule has 0 aromatic rings. The highest BCUT2D eigenvalue weighted by atomic mass is 32.3. The van der Waals surface area contributed by atoms with Crippen molar-refractivity contribution in [3.8, 4) is 11.8 Å². The predicted octanol–water partition coefficient (Wildman–Crippen LogP) is 7.23. The fourth-order valence-corrected chi connectivity index (χ4v) is 6.59. The Morgan fingerprint density at radius 1 is 0.878 bits per heavy atom. The Morgan fingerprint density at radius 2 is 1.43 bits per heavy atom. The first kappa shape index (κ1) is 41.5. The van der Waals surface area contributed by atoms with Gasteiger partial charge >= 0.3 is 10.4 Å². The molecule has 1 fully saturated rings. The van der Waals surface area contributed by atoms with Gasteiger partial charge in [0.2, 0.25) is 0 Å². The van der Waals surface area contributed by atoms with Gasteiger partial charge in [-0.05, 0) is 52.7 Å². The van der Waals surface area contributed by atoms with Crippen molar-refractivity contribution in [1.82, 2.24) is 0 Å². The van der Waals surface area contributed by atoms with Gasteiger partial charge in [-0.25, -0.2) is 4.18 Å². The second-order valence-corrected chi connectivity index (χ2v) is 15.2. The van der Waals surface area contributed by atoms with Crippen LogP contribution >= 0.6 is 0 Å². The van der Waals surface area contributed by atoms with E-state index < -0.39 is 32.7 Å². The van der Waals surface area contributed by atoms with Crippen molar-refractivity contribution < 1.29 is 37.0 Å². The minimum absolute atomic E-state index is 0.00541. The molecule has 0 amide bonds. The summed E-state index contributed by atoms with van der Waals surface area (Å²) in [5, 5.41) is 19.7. The molecular formula is C40H52O8S. The molecule has 2 aliphatic carbocycles. The highest BCUT2D eigenvalue weighted by Crippen LogP contribution is 2.51. The van der Waals surface area contributed by atoms with Gasteiger partial charge in [0.05, 0.1) is 12.7 Å². The van der Waals surface area contributed by atoms with Crippen LogP contribution in [-0.2, 0) is 24.2 Å². The third-order valence-electron chi connectivity index (χ3n) is 9.22. The normalized spacial score (nSPS) is 26.1. The zero-order valence-corrected chi connectivity index (χ0v) is 30.9. The van der Waals surface area contributed by atoms with Crippen LogP contribution in [0.4, 0.5) is 0 Å². The highest BCUT2D eigenvalue weighted by Gasteiger charge is 2.55. The first-order valence-electron chi connectivity index (χ1n) is 16.3. The summed E-state index contributed by atoms with van der Waals surface area (Å²) >= 11 is 0. The number of hydrogen-bond donors (Lipinski definition) is 3. The largest absolute Gasteiger partial charge is 0.397 e. The maximum Gasteiger partial charge on any atom is 0.397 e. The van der Waals surface area contributed by atoms with E-state index in [1.165, 1.54) is 6.08 Å². The molecule has 0 spiro atoms. The van der Waals surface area contributed by atoms with E-state index in [-0.39, 0.29) is 37.6 Å². The van der Waals surface area contributed by atoms with Crippen molar-refractivity contribution in [2.24, 2.45) is 16.2 Å². The van der Waals surface area contributed by atoms with Gasteiger partial charge in [-0.3, -0.25) is 14.1 Å². The second-order valence-electron chi connectivity index (χ2n) is 14.2. The molecule has 8 nitrogen and oxygen atoms in total. The van der Waals surface area contributed by atoms with Crippen LogP contribution < -0.4 is 0 Å². The summed E-state index contributed by atoms with van der Waals surface area (Å²) in [5.74, 6) is 6.05. The smallest absolute Gasteiger partial charge is 0.396 e. The number of allylic oxidation sites excluding steroid dienone is 16. The quantitative estimate of drug-likeness (QED) is 0.0796. The van der Waals surface area contributed by atoms with Gasteiger partial charge in [0.1, 0.15) is 5.78 Å². The number of aliphatic hydroxyl groups is 2. The zero-order valence-electron chi connectivity index (χ0n) is 30.0. The molecule has 9 heteroatoms. The maximum absolute atomic E-state index is 13.0. The predicted molar refractivity (Wildman–Crippen MR) is 195 cm³/mol. The molecule has 1 saturated carbocycles. The van der Waals surface area contributed by atoms with E-state index in [1.807, 2.05) is 96.2 Å². The third kappa shape index (κ3) is 12.6. The van der Waals surface area contributed by atoms with Crippen molar-refractivity contribution in [3.63, 3.8) is 0 Å². The van der Waals surface area contributed by atoms with Crippen LogP contribution in [0, 0.1) is 28.1 Å². The minimum atomic E-state index is -4.54. The first-order chi connectivity index (χ1) is 22.7.